The number of para-hydroxylation sites is 1. The highest BCUT2D eigenvalue weighted by molar-refractivity contribution is 5.92. The van der Waals surface area contributed by atoms with E-state index in [0.29, 0.717) is 0 Å². The van der Waals surface area contributed by atoms with Gasteiger partial charge in [0.15, 0.2) is 0 Å². The van der Waals surface area contributed by atoms with E-state index < -0.39 is 18.1 Å². The summed E-state index contributed by atoms with van der Waals surface area (Å²) in [5.41, 5.74) is 1.90. The average molecular weight is 316 g/mol. The van der Waals surface area contributed by atoms with E-state index in [-0.39, 0.29) is 18.5 Å². The molecule has 23 heavy (non-hydrogen) atoms. The van der Waals surface area contributed by atoms with Crippen LogP contribution in [-0.4, -0.2) is 42.3 Å². The molecule has 3 rings (SSSR count). The number of cyclic esters (lactones) is 1. The lowest BCUT2D eigenvalue weighted by atomic mass is 9.90. The molecule has 1 aromatic heterocycles. The van der Waals surface area contributed by atoms with E-state index in [0.717, 1.165) is 16.5 Å². The Hall–Kier alpha value is -2.34. The van der Waals surface area contributed by atoms with Crippen LogP contribution in [0.15, 0.2) is 30.5 Å². The van der Waals surface area contributed by atoms with E-state index in [2.05, 4.69) is 5.32 Å². The zero-order valence-electron chi connectivity index (χ0n) is 13.4. The molecule has 1 aliphatic rings. The molecule has 1 saturated heterocycles. The summed E-state index contributed by atoms with van der Waals surface area (Å²) in [5.74, 6) is -1.06. The number of hydrogen-bond donors (Lipinski definition) is 1. The number of hydrogen-bond acceptors (Lipinski definition) is 4. The van der Waals surface area contributed by atoms with Gasteiger partial charge in [0, 0.05) is 38.2 Å². The highest BCUT2D eigenvalue weighted by Gasteiger charge is 2.47. The highest BCUT2D eigenvalue weighted by atomic mass is 16.6. The molecule has 6 heteroatoms. The Bertz CT molecular complexity index is 752. The first-order chi connectivity index (χ1) is 11.0. The van der Waals surface area contributed by atoms with Crippen LogP contribution in [0.2, 0.25) is 0 Å². The Kier molecular flexibility index (Phi) is 4.09. The number of methoxy groups -OCH3 is 1. The van der Waals surface area contributed by atoms with Crippen molar-refractivity contribution in [2.75, 3.05) is 13.7 Å². The number of carbonyl (C=O) groups is 2. The summed E-state index contributed by atoms with van der Waals surface area (Å²) in [6, 6.07) is 7.43. The summed E-state index contributed by atoms with van der Waals surface area (Å²) in [7, 11) is 3.48. The molecule has 1 aromatic carbocycles. The SMILES string of the molecule is COC[C@H]1OC(=O)[C@H](c2cn(C)c3ccccc23)[C@H]1NC(C)=O. The van der Waals surface area contributed by atoms with Gasteiger partial charge in [-0.05, 0) is 11.6 Å². The summed E-state index contributed by atoms with van der Waals surface area (Å²) < 4.78 is 12.6. The fraction of sp³-hybridized carbons (Fsp3) is 0.412. The summed E-state index contributed by atoms with van der Waals surface area (Å²) >= 11 is 0. The molecule has 3 atom stereocenters. The predicted molar refractivity (Wildman–Crippen MR) is 85.0 cm³/mol. The number of ether oxygens (including phenoxy) is 2. The Morgan fingerprint density at radius 2 is 2.13 bits per heavy atom. The number of carbonyl (C=O) groups excluding carboxylic acids is 2. The van der Waals surface area contributed by atoms with Gasteiger partial charge in [-0.3, -0.25) is 9.59 Å². The fourth-order valence-electron chi connectivity index (χ4n) is 3.31. The molecule has 0 spiro atoms. The van der Waals surface area contributed by atoms with Gasteiger partial charge in [0.2, 0.25) is 5.91 Å². The van der Waals surface area contributed by atoms with Crippen LogP contribution in [0.1, 0.15) is 18.4 Å². The van der Waals surface area contributed by atoms with E-state index in [1.807, 2.05) is 42.1 Å². The van der Waals surface area contributed by atoms with Crippen LogP contribution in [0.5, 0.6) is 0 Å². The van der Waals surface area contributed by atoms with E-state index in [1.54, 1.807) is 7.11 Å². The third kappa shape index (κ3) is 2.70. The number of esters is 1. The van der Waals surface area contributed by atoms with Gasteiger partial charge in [-0.1, -0.05) is 18.2 Å². The van der Waals surface area contributed by atoms with Crippen molar-refractivity contribution in [1.82, 2.24) is 9.88 Å². The van der Waals surface area contributed by atoms with Crippen LogP contribution >= 0.6 is 0 Å². The van der Waals surface area contributed by atoms with Gasteiger partial charge in [-0.25, -0.2) is 0 Å². The molecule has 2 aromatic rings. The Morgan fingerprint density at radius 3 is 2.83 bits per heavy atom. The van der Waals surface area contributed by atoms with Gasteiger partial charge >= 0.3 is 5.97 Å². The molecule has 0 aliphatic carbocycles. The van der Waals surface area contributed by atoms with E-state index in [4.69, 9.17) is 9.47 Å². The third-order valence-corrected chi connectivity index (χ3v) is 4.24. The molecule has 0 radical (unpaired) electrons. The smallest absolute Gasteiger partial charge is 0.316 e. The number of nitrogens with zero attached hydrogens (tertiary/aromatic N) is 1. The van der Waals surface area contributed by atoms with Gasteiger partial charge < -0.3 is 19.4 Å². The van der Waals surface area contributed by atoms with Crippen molar-refractivity contribution in [2.45, 2.75) is 25.0 Å². The van der Waals surface area contributed by atoms with Crippen molar-refractivity contribution >= 4 is 22.8 Å². The van der Waals surface area contributed by atoms with Crippen molar-refractivity contribution in [2.24, 2.45) is 7.05 Å². The lowest BCUT2D eigenvalue weighted by Crippen LogP contribution is -2.44. The van der Waals surface area contributed by atoms with Gasteiger partial charge in [0.05, 0.1) is 12.6 Å². The number of nitrogens with one attached hydrogen (secondary N) is 1. The minimum absolute atomic E-state index is 0.195. The van der Waals surface area contributed by atoms with E-state index in [9.17, 15) is 9.59 Å². The lowest BCUT2D eigenvalue weighted by molar-refractivity contribution is -0.144. The summed E-state index contributed by atoms with van der Waals surface area (Å²) in [6.45, 7) is 1.69. The standard InChI is InChI=1S/C17H20N2O4/c1-10(20)18-16-14(9-22-3)23-17(21)15(16)12-8-19(2)13-7-5-4-6-11(12)13/h4-8,14-16H,9H2,1-3H3,(H,18,20)/t14-,15-,16+/m1/s1. The van der Waals surface area contributed by atoms with Gasteiger partial charge in [0.25, 0.3) is 0 Å². The summed E-state index contributed by atoms with van der Waals surface area (Å²) in [4.78, 5) is 24.0. The van der Waals surface area contributed by atoms with E-state index in [1.165, 1.54) is 6.92 Å². The van der Waals surface area contributed by atoms with Crippen molar-refractivity contribution < 1.29 is 19.1 Å². The minimum Gasteiger partial charge on any atom is -0.457 e. The van der Waals surface area contributed by atoms with Crippen molar-refractivity contribution in [3.05, 3.63) is 36.0 Å². The quantitative estimate of drug-likeness (QED) is 0.864. The molecular formula is C17H20N2O4. The van der Waals surface area contributed by atoms with Crippen molar-refractivity contribution in [3.63, 3.8) is 0 Å². The highest BCUT2D eigenvalue weighted by Crippen LogP contribution is 2.36. The number of fused-ring (bicyclic) bond motifs is 1. The normalized spacial score (nSPS) is 24.0. The second kappa shape index (κ2) is 6.04. The Labute approximate surface area is 134 Å². The lowest BCUT2D eigenvalue weighted by Gasteiger charge is -2.21. The van der Waals surface area contributed by atoms with Gasteiger partial charge in [-0.15, -0.1) is 0 Å². The average Bonchev–Trinajstić information content (AvgIpc) is 2.98. The fourth-order valence-corrected chi connectivity index (χ4v) is 3.31. The Morgan fingerprint density at radius 1 is 1.39 bits per heavy atom. The molecule has 1 aliphatic heterocycles. The van der Waals surface area contributed by atoms with Crippen molar-refractivity contribution in [1.29, 1.82) is 0 Å². The summed E-state index contributed by atoms with van der Waals surface area (Å²) in [6.07, 6.45) is 1.45. The zero-order chi connectivity index (χ0) is 16.6. The third-order valence-electron chi connectivity index (χ3n) is 4.24. The Balaban J connectivity index is 2.07. The maximum atomic E-state index is 12.5. The molecule has 2 heterocycles. The number of rotatable bonds is 4. The molecule has 0 saturated carbocycles. The number of aryl methyl sites for hydroxylation is 1. The molecule has 1 fully saturated rings. The molecule has 0 unspecified atom stereocenters. The largest absolute Gasteiger partial charge is 0.457 e. The van der Waals surface area contributed by atoms with Crippen molar-refractivity contribution in [3.8, 4) is 0 Å². The molecule has 122 valence electrons. The maximum Gasteiger partial charge on any atom is 0.316 e. The van der Waals surface area contributed by atoms with Crippen LogP contribution in [0.25, 0.3) is 10.9 Å². The number of benzene rings is 1. The summed E-state index contributed by atoms with van der Waals surface area (Å²) in [5, 5.41) is 3.85. The first kappa shape index (κ1) is 15.6. The molecular weight excluding hydrogens is 296 g/mol. The van der Waals surface area contributed by atoms with Crippen LogP contribution in [0.4, 0.5) is 0 Å². The molecule has 6 nitrogen and oxygen atoms in total. The molecule has 1 N–H and O–H groups in total. The zero-order valence-corrected chi connectivity index (χ0v) is 13.4. The van der Waals surface area contributed by atoms with Gasteiger partial charge in [0.1, 0.15) is 12.0 Å². The van der Waals surface area contributed by atoms with Crippen LogP contribution in [-0.2, 0) is 26.1 Å². The number of aromatic nitrogens is 1. The first-order valence-electron chi connectivity index (χ1n) is 7.53. The predicted octanol–water partition coefficient (Wildman–Crippen LogP) is 1.34. The maximum absolute atomic E-state index is 12.5. The number of amides is 1. The van der Waals surface area contributed by atoms with Gasteiger partial charge in [-0.2, -0.15) is 0 Å². The molecule has 1 amide bonds. The molecule has 0 bridgehead atoms. The second-order valence-electron chi connectivity index (χ2n) is 5.85. The van der Waals surface area contributed by atoms with Crippen LogP contribution in [0.3, 0.4) is 0 Å². The monoisotopic (exact) mass is 316 g/mol. The minimum atomic E-state index is -0.537. The first-order valence-corrected chi connectivity index (χ1v) is 7.53. The van der Waals surface area contributed by atoms with E-state index >= 15 is 0 Å². The van der Waals surface area contributed by atoms with Crippen LogP contribution in [0, 0.1) is 0 Å². The second-order valence-corrected chi connectivity index (χ2v) is 5.85. The topological polar surface area (TPSA) is 69.6 Å². The van der Waals surface area contributed by atoms with Crippen LogP contribution < -0.4 is 5.32 Å².